The third-order valence-corrected chi connectivity index (χ3v) is 5.63. The maximum atomic E-state index is 12.7. The van der Waals surface area contributed by atoms with Crippen molar-refractivity contribution < 1.29 is 23.5 Å². The van der Waals surface area contributed by atoms with E-state index in [1.165, 1.54) is 0 Å². The number of hydrogen-bond donors (Lipinski definition) is 0. The number of aryl methyl sites for hydroxylation is 3. The number of furan rings is 1. The zero-order chi connectivity index (χ0) is 21.1. The van der Waals surface area contributed by atoms with Crippen molar-refractivity contribution >= 4 is 11.8 Å². The highest BCUT2D eigenvalue weighted by Crippen LogP contribution is 2.30. The van der Waals surface area contributed by atoms with Gasteiger partial charge in [0, 0.05) is 39.0 Å². The second-order valence-corrected chi connectivity index (χ2v) is 7.83. The Morgan fingerprint density at radius 3 is 2.33 bits per heavy atom. The first-order valence-corrected chi connectivity index (χ1v) is 10.5. The van der Waals surface area contributed by atoms with Gasteiger partial charge in [0.2, 0.25) is 5.91 Å². The number of hydrogen-bond acceptors (Lipinski definition) is 5. The molecule has 1 saturated heterocycles. The molecule has 7 heteroatoms. The molecule has 2 aliphatic heterocycles. The Morgan fingerprint density at radius 1 is 0.933 bits per heavy atom. The molecular weight excluding hydrogens is 384 g/mol. The van der Waals surface area contributed by atoms with Crippen molar-refractivity contribution in [3.05, 3.63) is 46.9 Å². The van der Waals surface area contributed by atoms with Crippen LogP contribution in [0.5, 0.6) is 11.5 Å². The maximum absolute atomic E-state index is 12.7. The number of rotatable bonds is 4. The SMILES string of the molecule is Cc1cc(C(=O)N2CCN(C(=O)CCc3ccc4c(c3)OCCCO4)CC2)c(C)o1. The van der Waals surface area contributed by atoms with Crippen LogP contribution in [0.2, 0.25) is 0 Å². The Bertz CT molecular complexity index is 928. The molecule has 7 nitrogen and oxygen atoms in total. The molecular formula is C23H28N2O5. The predicted molar refractivity (Wildman–Crippen MR) is 111 cm³/mol. The Balaban J connectivity index is 1.28. The fraction of sp³-hybridized carbons (Fsp3) is 0.478. The van der Waals surface area contributed by atoms with Crippen molar-refractivity contribution in [1.29, 1.82) is 0 Å². The summed E-state index contributed by atoms with van der Waals surface area (Å²) >= 11 is 0. The summed E-state index contributed by atoms with van der Waals surface area (Å²) in [6.45, 7) is 7.15. The van der Waals surface area contributed by atoms with Crippen LogP contribution in [0.4, 0.5) is 0 Å². The van der Waals surface area contributed by atoms with E-state index in [1.807, 2.05) is 30.0 Å². The van der Waals surface area contributed by atoms with Gasteiger partial charge in [-0.15, -0.1) is 0 Å². The number of amides is 2. The predicted octanol–water partition coefficient (Wildman–Crippen LogP) is 2.97. The molecule has 2 aliphatic rings. The van der Waals surface area contributed by atoms with Crippen LogP contribution in [0, 0.1) is 13.8 Å². The fourth-order valence-corrected chi connectivity index (χ4v) is 3.95. The van der Waals surface area contributed by atoms with Gasteiger partial charge in [-0.1, -0.05) is 6.07 Å². The third kappa shape index (κ3) is 4.45. The van der Waals surface area contributed by atoms with Gasteiger partial charge in [0.15, 0.2) is 11.5 Å². The molecule has 30 heavy (non-hydrogen) atoms. The number of fused-ring (bicyclic) bond motifs is 1. The quantitative estimate of drug-likeness (QED) is 0.772. The van der Waals surface area contributed by atoms with Crippen LogP contribution in [-0.2, 0) is 11.2 Å². The van der Waals surface area contributed by atoms with Crippen LogP contribution in [0.15, 0.2) is 28.7 Å². The second kappa shape index (κ2) is 8.81. The molecule has 3 heterocycles. The van der Waals surface area contributed by atoms with Crippen molar-refractivity contribution in [3.8, 4) is 11.5 Å². The monoisotopic (exact) mass is 412 g/mol. The molecule has 0 atom stereocenters. The minimum Gasteiger partial charge on any atom is -0.490 e. The molecule has 160 valence electrons. The van der Waals surface area contributed by atoms with Gasteiger partial charge in [-0.2, -0.15) is 0 Å². The van der Waals surface area contributed by atoms with Crippen LogP contribution in [0.1, 0.15) is 40.3 Å². The summed E-state index contributed by atoms with van der Waals surface area (Å²) < 4.78 is 16.9. The first-order chi connectivity index (χ1) is 14.5. The normalized spacial score (nSPS) is 16.3. The van der Waals surface area contributed by atoms with Crippen molar-refractivity contribution in [2.45, 2.75) is 33.1 Å². The molecule has 0 aliphatic carbocycles. The number of benzene rings is 1. The molecule has 0 unspecified atom stereocenters. The second-order valence-electron chi connectivity index (χ2n) is 7.83. The molecule has 1 aromatic carbocycles. The number of nitrogens with zero attached hydrogens (tertiary/aromatic N) is 2. The van der Waals surface area contributed by atoms with Crippen molar-refractivity contribution in [1.82, 2.24) is 9.80 Å². The molecule has 2 aromatic rings. The molecule has 0 bridgehead atoms. The Morgan fingerprint density at radius 2 is 1.63 bits per heavy atom. The summed E-state index contributed by atoms with van der Waals surface area (Å²) in [6, 6.07) is 7.67. The Hall–Kier alpha value is -2.96. The standard InChI is InChI=1S/C23H28N2O5/c1-16-14-19(17(2)30-16)23(27)25-10-8-24(9-11-25)22(26)7-5-18-4-6-20-21(15-18)29-13-3-12-28-20/h4,6,14-15H,3,5,7-13H2,1-2H3. The van der Waals surface area contributed by atoms with Gasteiger partial charge < -0.3 is 23.7 Å². The van der Waals surface area contributed by atoms with Gasteiger partial charge in [-0.25, -0.2) is 0 Å². The van der Waals surface area contributed by atoms with E-state index >= 15 is 0 Å². The summed E-state index contributed by atoms with van der Waals surface area (Å²) in [4.78, 5) is 29.0. The number of carbonyl (C=O) groups is 2. The fourth-order valence-electron chi connectivity index (χ4n) is 3.95. The number of piperazine rings is 1. The molecule has 0 N–H and O–H groups in total. The Kier molecular flexibility index (Phi) is 5.97. The number of ether oxygens (including phenoxy) is 2. The Labute approximate surface area is 176 Å². The summed E-state index contributed by atoms with van der Waals surface area (Å²) in [5.41, 5.74) is 1.67. The highest BCUT2D eigenvalue weighted by molar-refractivity contribution is 5.95. The van der Waals surface area contributed by atoms with Gasteiger partial charge in [0.05, 0.1) is 18.8 Å². The number of carbonyl (C=O) groups excluding carboxylic acids is 2. The zero-order valence-corrected chi connectivity index (χ0v) is 17.6. The molecule has 4 rings (SSSR count). The van der Waals surface area contributed by atoms with Crippen molar-refractivity contribution in [3.63, 3.8) is 0 Å². The van der Waals surface area contributed by atoms with E-state index < -0.39 is 0 Å². The van der Waals surface area contributed by atoms with E-state index in [4.69, 9.17) is 13.9 Å². The minimum absolute atomic E-state index is 0.0244. The first kappa shape index (κ1) is 20.3. The molecule has 2 amide bonds. The van der Waals surface area contributed by atoms with E-state index in [-0.39, 0.29) is 11.8 Å². The van der Waals surface area contributed by atoms with E-state index in [0.29, 0.717) is 63.6 Å². The van der Waals surface area contributed by atoms with Crippen LogP contribution in [0.25, 0.3) is 0 Å². The van der Waals surface area contributed by atoms with Crippen LogP contribution in [0.3, 0.4) is 0 Å². The lowest BCUT2D eigenvalue weighted by Crippen LogP contribution is -2.50. The molecule has 0 radical (unpaired) electrons. The topological polar surface area (TPSA) is 72.2 Å². The lowest BCUT2D eigenvalue weighted by atomic mass is 10.1. The van der Waals surface area contributed by atoms with E-state index in [9.17, 15) is 9.59 Å². The molecule has 1 fully saturated rings. The first-order valence-electron chi connectivity index (χ1n) is 10.5. The van der Waals surface area contributed by atoms with Crippen molar-refractivity contribution in [2.24, 2.45) is 0 Å². The summed E-state index contributed by atoms with van der Waals surface area (Å²) in [6.07, 6.45) is 1.96. The summed E-state index contributed by atoms with van der Waals surface area (Å²) in [5, 5.41) is 0. The van der Waals surface area contributed by atoms with Crippen molar-refractivity contribution in [2.75, 3.05) is 39.4 Å². The average Bonchev–Trinajstić information content (AvgIpc) is 2.95. The highest BCUT2D eigenvalue weighted by Gasteiger charge is 2.26. The molecule has 1 aromatic heterocycles. The van der Waals surface area contributed by atoms with Crippen LogP contribution in [-0.4, -0.2) is 61.0 Å². The van der Waals surface area contributed by atoms with Gasteiger partial charge in [0.1, 0.15) is 11.5 Å². The maximum Gasteiger partial charge on any atom is 0.257 e. The van der Waals surface area contributed by atoms with Crippen LogP contribution >= 0.6 is 0 Å². The van der Waals surface area contributed by atoms with Gasteiger partial charge >= 0.3 is 0 Å². The minimum atomic E-state index is -0.0244. The average molecular weight is 412 g/mol. The van der Waals surface area contributed by atoms with E-state index in [1.54, 1.807) is 17.9 Å². The van der Waals surface area contributed by atoms with E-state index in [0.717, 1.165) is 29.2 Å². The van der Waals surface area contributed by atoms with Gasteiger partial charge in [0.25, 0.3) is 5.91 Å². The third-order valence-electron chi connectivity index (χ3n) is 5.63. The largest absolute Gasteiger partial charge is 0.490 e. The lowest BCUT2D eigenvalue weighted by Gasteiger charge is -2.34. The summed E-state index contributed by atoms with van der Waals surface area (Å²) in [7, 11) is 0. The van der Waals surface area contributed by atoms with Gasteiger partial charge in [-0.05, 0) is 44.0 Å². The summed E-state index contributed by atoms with van der Waals surface area (Å²) in [5.74, 6) is 3.00. The zero-order valence-electron chi connectivity index (χ0n) is 17.6. The van der Waals surface area contributed by atoms with Crippen LogP contribution < -0.4 is 9.47 Å². The van der Waals surface area contributed by atoms with Gasteiger partial charge in [-0.3, -0.25) is 9.59 Å². The van der Waals surface area contributed by atoms with E-state index in [2.05, 4.69) is 0 Å². The smallest absolute Gasteiger partial charge is 0.257 e. The lowest BCUT2D eigenvalue weighted by molar-refractivity contribution is -0.132. The molecule has 0 saturated carbocycles. The molecule has 0 spiro atoms. The highest BCUT2D eigenvalue weighted by atomic mass is 16.5.